The van der Waals surface area contributed by atoms with Gasteiger partial charge in [-0.15, -0.1) is 0 Å². The van der Waals surface area contributed by atoms with Gasteiger partial charge in [-0.1, -0.05) is 0 Å². The molecule has 6 nitrogen and oxygen atoms in total. The summed E-state index contributed by atoms with van der Waals surface area (Å²) < 4.78 is 4.94. The summed E-state index contributed by atoms with van der Waals surface area (Å²) in [5.41, 5.74) is -0.582. The highest BCUT2D eigenvalue weighted by molar-refractivity contribution is 5.74. The summed E-state index contributed by atoms with van der Waals surface area (Å²) in [5, 5.41) is 9.24. The number of carboxylic acid groups (broad SMARTS) is 1. The van der Waals surface area contributed by atoms with Crippen LogP contribution in [0.2, 0.25) is 0 Å². The molecule has 3 N–H and O–H groups in total. The van der Waals surface area contributed by atoms with Crippen LogP contribution in [0.5, 0.6) is 0 Å². The molecular formula is C8H16N2O4. The molecule has 0 aliphatic carbocycles. The molecular weight excluding hydrogens is 188 g/mol. The quantitative estimate of drug-likeness (QED) is 0.367. The molecule has 0 rings (SSSR count). The second kappa shape index (κ2) is 4.92. The van der Waals surface area contributed by atoms with Crippen molar-refractivity contribution in [3.05, 3.63) is 0 Å². The van der Waals surface area contributed by atoms with Crippen molar-refractivity contribution in [1.82, 2.24) is 5.01 Å². The van der Waals surface area contributed by atoms with Crippen molar-refractivity contribution in [3.8, 4) is 0 Å². The van der Waals surface area contributed by atoms with Gasteiger partial charge in [0.2, 0.25) is 0 Å². The highest BCUT2D eigenvalue weighted by Gasteiger charge is 2.18. The lowest BCUT2D eigenvalue weighted by molar-refractivity contribution is -0.156. The number of ether oxygens (including phenoxy) is 1. The molecule has 0 spiro atoms. The van der Waals surface area contributed by atoms with E-state index in [2.05, 4.69) is 0 Å². The standard InChI is InChI=1S/C8H16N2O4/c1-8(2,3)14-7(13)5-10(9)4-6(11)12/h4-5,9H2,1-3H3,(H,11,12). The number of esters is 1. The first-order valence-corrected chi connectivity index (χ1v) is 4.14. The molecule has 0 aromatic carbocycles. The summed E-state index contributed by atoms with van der Waals surface area (Å²) in [4.78, 5) is 21.3. The molecule has 0 saturated heterocycles. The normalized spacial score (nSPS) is 11.5. The van der Waals surface area contributed by atoms with Crippen LogP contribution in [-0.2, 0) is 14.3 Å². The number of hydrogen-bond acceptors (Lipinski definition) is 5. The van der Waals surface area contributed by atoms with Crippen LogP contribution in [-0.4, -0.2) is 40.7 Å². The van der Waals surface area contributed by atoms with E-state index in [1.165, 1.54) is 0 Å². The van der Waals surface area contributed by atoms with Crippen LogP contribution in [0.15, 0.2) is 0 Å². The van der Waals surface area contributed by atoms with Crippen LogP contribution < -0.4 is 5.84 Å². The lowest BCUT2D eigenvalue weighted by Gasteiger charge is -2.21. The lowest BCUT2D eigenvalue weighted by atomic mass is 10.2. The van der Waals surface area contributed by atoms with E-state index in [9.17, 15) is 9.59 Å². The Balaban J connectivity index is 3.89. The Morgan fingerprint density at radius 3 is 2.21 bits per heavy atom. The van der Waals surface area contributed by atoms with Crippen LogP contribution >= 0.6 is 0 Å². The van der Waals surface area contributed by atoms with Gasteiger partial charge in [0, 0.05) is 0 Å². The predicted molar refractivity (Wildman–Crippen MR) is 49.2 cm³/mol. The fourth-order valence-electron chi connectivity index (χ4n) is 0.769. The SMILES string of the molecule is CC(C)(C)OC(=O)CN(N)CC(=O)O. The van der Waals surface area contributed by atoms with E-state index in [0.29, 0.717) is 0 Å². The van der Waals surface area contributed by atoms with Crippen molar-refractivity contribution < 1.29 is 19.4 Å². The first-order valence-electron chi connectivity index (χ1n) is 4.14. The van der Waals surface area contributed by atoms with E-state index in [-0.39, 0.29) is 13.1 Å². The van der Waals surface area contributed by atoms with Gasteiger partial charge < -0.3 is 9.84 Å². The third kappa shape index (κ3) is 7.51. The molecule has 0 aliphatic heterocycles. The summed E-state index contributed by atoms with van der Waals surface area (Å²) in [6.45, 7) is 4.55. The summed E-state index contributed by atoms with van der Waals surface area (Å²) in [7, 11) is 0. The van der Waals surface area contributed by atoms with Crippen molar-refractivity contribution >= 4 is 11.9 Å². The summed E-state index contributed by atoms with van der Waals surface area (Å²) in [5.74, 6) is 3.62. The molecule has 0 aliphatic rings. The van der Waals surface area contributed by atoms with Crippen molar-refractivity contribution in [3.63, 3.8) is 0 Å². The molecule has 0 unspecified atom stereocenters. The number of carbonyl (C=O) groups is 2. The minimum Gasteiger partial charge on any atom is -0.480 e. The number of rotatable bonds is 4. The third-order valence-electron chi connectivity index (χ3n) is 1.09. The number of aliphatic carboxylic acids is 1. The van der Waals surface area contributed by atoms with Gasteiger partial charge in [-0.05, 0) is 20.8 Å². The number of nitrogens with two attached hydrogens (primary N) is 1. The average molecular weight is 204 g/mol. The number of carbonyl (C=O) groups excluding carboxylic acids is 1. The zero-order valence-corrected chi connectivity index (χ0v) is 8.61. The van der Waals surface area contributed by atoms with E-state index in [4.69, 9.17) is 15.7 Å². The Bertz CT molecular complexity index is 222. The number of carboxylic acids is 1. The molecule has 82 valence electrons. The fraction of sp³-hybridized carbons (Fsp3) is 0.750. The summed E-state index contributed by atoms with van der Waals surface area (Å²) >= 11 is 0. The van der Waals surface area contributed by atoms with Crippen molar-refractivity contribution in [2.24, 2.45) is 5.84 Å². The van der Waals surface area contributed by atoms with Gasteiger partial charge in [-0.3, -0.25) is 15.4 Å². The summed E-state index contributed by atoms with van der Waals surface area (Å²) in [6.07, 6.45) is 0. The van der Waals surface area contributed by atoms with E-state index >= 15 is 0 Å². The van der Waals surface area contributed by atoms with Crippen molar-refractivity contribution in [2.75, 3.05) is 13.1 Å². The number of nitrogens with zero attached hydrogens (tertiary/aromatic N) is 1. The Kier molecular flexibility index (Phi) is 4.52. The lowest BCUT2D eigenvalue weighted by Crippen LogP contribution is -2.42. The maximum atomic E-state index is 11.1. The molecule has 0 atom stereocenters. The third-order valence-corrected chi connectivity index (χ3v) is 1.09. The first kappa shape index (κ1) is 12.9. The maximum absolute atomic E-state index is 11.1. The number of hydrazine groups is 1. The van der Waals surface area contributed by atoms with Crippen molar-refractivity contribution in [2.45, 2.75) is 26.4 Å². The van der Waals surface area contributed by atoms with Gasteiger partial charge in [-0.25, -0.2) is 5.01 Å². The van der Waals surface area contributed by atoms with Crippen LogP contribution in [0, 0.1) is 0 Å². The second-order valence-electron chi connectivity index (χ2n) is 3.89. The molecule has 0 aromatic heterocycles. The zero-order chi connectivity index (χ0) is 11.4. The average Bonchev–Trinajstić information content (AvgIpc) is 1.77. The van der Waals surface area contributed by atoms with Crippen LogP contribution in [0.4, 0.5) is 0 Å². The molecule has 0 aromatic rings. The van der Waals surface area contributed by atoms with E-state index < -0.39 is 17.5 Å². The van der Waals surface area contributed by atoms with Gasteiger partial charge in [0.25, 0.3) is 0 Å². The molecule has 0 amide bonds. The molecule has 0 bridgehead atoms. The molecule has 6 heteroatoms. The molecule has 0 radical (unpaired) electrons. The number of hydrogen-bond donors (Lipinski definition) is 2. The maximum Gasteiger partial charge on any atom is 0.322 e. The predicted octanol–water partition coefficient (Wildman–Crippen LogP) is -0.412. The Labute approximate surface area is 82.6 Å². The minimum atomic E-state index is -1.09. The van der Waals surface area contributed by atoms with Crippen molar-refractivity contribution in [1.29, 1.82) is 0 Å². The van der Waals surface area contributed by atoms with Crippen LogP contribution in [0.25, 0.3) is 0 Å². The fourth-order valence-corrected chi connectivity index (χ4v) is 0.769. The van der Waals surface area contributed by atoms with E-state index in [0.717, 1.165) is 5.01 Å². The topological polar surface area (TPSA) is 92.9 Å². The minimum absolute atomic E-state index is 0.233. The van der Waals surface area contributed by atoms with Crippen LogP contribution in [0.3, 0.4) is 0 Å². The smallest absolute Gasteiger partial charge is 0.322 e. The van der Waals surface area contributed by atoms with Gasteiger partial charge in [0.15, 0.2) is 0 Å². The molecule has 0 heterocycles. The van der Waals surface area contributed by atoms with Gasteiger partial charge in [0.1, 0.15) is 18.7 Å². The monoisotopic (exact) mass is 204 g/mol. The zero-order valence-electron chi connectivity index (χ0n) is 8.61. The Morgan fingerprint density at radius 2 is 1.86 bits per heavy atom. The van der Waals surface area contributed by atoms with Gasteiger partial charge in [-0.2, -0.15) is 0 Å². The van der Waals surface area contributed by atoms with E-state index in [1.54, 1.807) is 20.8 Å². The largest absolute Gasteiger partial charge is 0.480 e. The molecule has 0 fully saturated rings. The van der Waals surface area contributed by atoms with Crippen LogP contribution in [0.1, 0.15) is 20.8 Å². The molecule has 0 saturated carbocycles. The highest BCUT2D eigenvalue weighted by Crippen LogP contribution is 2.06. The Morgan fingerprint density at radius 1 is 1.36 bits per heavy atom. The second-order valence-corrected chi connectivity index (χ2v) is 3.89. The molecule has 14 heavy (non-hydrogen) atoms. The first-order chi connectivity index (χ1) is 6.20. The highest BCUT2D eigenvalue weighted by atomic mass is 16.6. The van der Waals surface area contributed by atoms with E-state index in [1.807, 2.05) is 0 Å². The van der Waals surface area contributed by atoms with Gasteiger partial charge in [0.05, 0.1) is 0 Å². The summed E-state index contributed by atoms with van der Waals surface area (Å²) in [6, 6.07) is 0. The van der Waals surface area contributed by atoms with Gasteiger partial charge >= 0.3 is 11.9 Å². The Hall–Kier alpha value is -1.14.